The van der Waals surface area contributed by atoms with Gasteiger partial charge in [-0.2, -0.15) is 0 Å². The third-order valence-electron chi connectivity index (χ3n) is 17.7. The fourth-order valence-corrected chi connectivity index (χ4v) is 13.0. The number of phosphoric ester groups is 2. The number of rotatable bonds is 73. The van der Waals surface area contributed by atoms with Crippen LogP contribution in [-0.2, 0) is 65.4 Å². The molecule has 0 radical (unpaired) electrons. The molecule has 3 unspecified atom stereocenters. The van der Waals surface area contributed by atoms with Crippen LogP contribution in [0.15, 0.2) is 0 Å². The number of phosphoric acid groups is 2. The van der Waals surface area contributed by atoms with Gasteiger partial charge in [-0.3, -0.25) is 37.3 Å². The minimum atomic E-state index is -4.96. The first-order chi connectivity index (χ1) is 45.3. The fraction of sp³-hybridized carbons (Fsp3) is 0.947. The maximum Gasteiger partial charge on any atom is 0.472 e. The van der Waals surface area contributed by atoms with Gasteiger partial charge in [-0.15, -0.1) is 0 Å². The average Bonchev–Trinajstić information content (AvgIpc) is 1.25. The molecule has 0 spiro atoms. The molecule has 0 aliphatic heterocycles. The molecule has 0 aromatic carbocycles. The van der Waals surface area contributed by atoms with E-state index in [2.05, 4.69) is 48.5 Å². The lowest BCUT2D eigenvalue weighted by atomic mass is 9.99. The molecule has 558 valence electrons. The van der Waals surface area contributed by atoms with Gasteiger partial charge in [-0.1, -0.05) is 331 Å². The van der Waals surface area contributed by atoms with Crippen molar-refractivity contribution in [2.45, 2.75) is 401 Å². The summed E-state index contributed by atoms with van der Waals surface area (Å²) >= 11 is 0. The van der Waals surface area contributed by atoms with Gasteiger partial charge in [-0.05, 0) is 43.4 Å². The Balaban J connectivity index is 5.25. The number of ether oxygens (including phenoxy) is 4. The third kappa shape index (κ3) is 67.3. The summed E-state index contributed by atoms with van der Waals surface area (Å²) in [5.41, 5.74) is 0. The summed E-state index contributed by atoms with van der Waals surface area (Å²) in [5.74, 6) is 0.211. The van der Waals surface area contributed by atoms with Gasteiger partial charge in [0.1, 0.15) is 19.3 Å². The molecule has 94 heavy (non-hydrogen) atoms. The van der Waals surface area contributed by atoms with Crippen LogP contribution in [0, 0.1) is 17.8 Å². The zero-order valence-corrected chi connectivity index (χ0v) is 63.2. The standard InChI is InChI=1S/C75H146O17P2/c1-8-10-11-12-13-14-20-27-35-42-49-56-72(77)85-63-71(92-75(80)59-52-45-38-31-30-34-41-48-55-68(7)9-2)65-90-94(83,84)88-61-69(76)60-87-93(81,82)89-64-70(62-86-73(78)57-50-43-36-28-24-23-26-33-40-47-54-67(5)6)91-74(79)58-51-44-37-29-22-19-17-15-16-18-21-25-32-39-46-53-66(3)4/h66-71,76H,8-65H2,1-7H3,(H,81,82)(H,83,84)/t68?,69-,70-,71-/m1/s1. The molecule has 0 aromatic rings. The maximum absolute atomic E-state index is 13.1. The predicted octanol–water partition coefficient (Wildman–Crippen LogP) is 21.8. The summed E-state index contributed by atoms with van der Waals surface area (Å²) in [6.07, 6.45) is 51.2. The Morgan fingerprint density at radius 1 is 0.309 bits per heavy atom. The highest BCUT2D eigenvalue weighted by molar-refractivity contribution is 7.47. The fourth-order valence-electron chi connectivity index (χ4n) is 11.4. The highest BCUT2D eigenvalue weighted by Gasteiger charge is 2.30. The molecule has 0 rings (SSSR count). The summed E-state index contributed by atoms with van der Waals surface area (Å²) in [7, 11) is -9.91. The van der Waals surface area contributed by atoms with E-state index < -0.39 is 97.5 Å². The largest absolute Gasteiger partial charge is 0.472 e. The third-order valence-corrected chi connectivity index (χ3v) is 19.6. The number of unbranched alkanes of at least 4 members (excludes halogenated alkanes) is 40. The second kappa shape index (κ2) is 65.7. The van der Waals surface area contributed by atoms with Crippen molar-refractivity contribution >= 4 is 39.5 Å². The minimum absolute atomic E-state index is 0.105. The SMILES string of the molecule is CCCCCCCCCCCCCC(=O)OC[C@H](COP(=O)(O)OC[C@H](O)COP(=O)(O)OC[C@@H](COC(=O)CCCCCCCCCCCCC(C)C)OC(=O)CCCCCCCCCCCCCCCCCC(C)C)OC(=O)CCCCCCCCCCC(C)CC. The topological polar surface area (TPSA) is 237 Å². The van der Waals surface area contributed by atoms with Gasteiger partial charge in [0.05, 0.1) is 26.4 Å². The molecule has 0 aliphatic carbocycles. The van der Waals surface area contributed by atoms with E-state index in [0.29, 0.717) is 25.7 Å². The Bertz CT molecular complexity index is 1840. The first-order valence-electron chi connectivity index (χ1n) is 38.9. The highest BCUT2D eigenvalue weighted by Crippen LogP contribution is 2.45. The van der Waals surface area contributed by atoms with Crippen molar-refractivity contribution in [1.29, 1.82) is 0 Å². The molecule has 0 amide bonds. The molecule has 6 atom stereocenters. The first-order valence-corrected chi connectivity index (χ1v) is 41.9. The molecule has 0 aliphatic rings. The number of carbonyl (C=O) groups excluding carboxylic acids is 4. The van der Waals surface area contributed by atoms with Crippen molar-refractivity contribution in [3.05, 3.63) is 0 Å². The van der Waals surface area contributed by atoms with E-state index >= 15 is 0 Å². The van der Waals surface area contributed by atoms with Gasteiger partial charge in [0.15, 0.2) is 12.2 Å². The number of esters is 4. The van der Waals surface area contributed by atoms with E-state index in [4.69, 9.17) is 37.0 Å². The van der Waals surface area contributed by atoms with Crippen LogP contribution in [0.25, 0.3) is 0 Å². The number of hydrogen-bond donors (Lipinski definition) is 3. The van der Waals surface area contributed by atoms with Crippen LogP contribution in [0.3, 0.4) is 0 Å². The molecular weight excluding hydrogens is 1230 g/mol. The molecule has 0 saturated carbocycles. The van der Waals surface area contributed by atoms with Gasteiger partial charge < -0.3 is 33.8 Å². The monoisotopic (exact) mass is 1380 g/mol. The Labute approximate surface area is 575 Å². The zero-order valence-electron chi connectivity index (χ0n) is 61.4. The highest BCUT2D eigenvalue weighted by atomic mass is 31.2. The second-order valence-corrected chi connectivity index (χ2v) is 31.1. The molecule has 0 saturated heterocycles. The number of carbonyl (C=O) groups is 4. The van der Waals surface area contributed by atoms with Crippen molar-refractivity contribution in [2.75, 3.05) is 39.6 Å². The Morgan fingerprint density at radius 2 is 0.543 bits per heavy atom. The van der Waals surface area contributed by atoms with Crippen LogP contribution in [0.2, 0.25) is 0 Å². The number of aliphatic hydroxyl groups is 1. The summed E-state index contributed by atoms with van der Waals surface area (Å²) in [6, 6.07) is 0. The smallest absolute Gasteiger partial charge is 0.462 e. The normalized spacial score (nSPS) is 14.4. The van der Waals surface area contributed by atoms with E-state index in [1.165, 1.54) is 193 Å². The molecule has 17 nitrogen and oxygen atoms in total. The Hall–Kier alpha value is -1.94. The van der Waals surface area contributed by atoms with E-state index in [9.17, 15) is 43.2 Å². The molecule has 19 heteroatoms. The van der Waals surface area contributed by atoms with E-state index in [1.54, 1.807) is 0 Å². The number of aliphatic hydroxyl groups excluding tert-OH is 1. The maximum atomic E-state index is 13.1. The lowest BCUT2D eigenvalue weighted by Crippen LogP contribution is -2.30. The van der Waals surface area contributed by atoms with Gasteiger partial charge in [-0.25, -0.2) is 9.13 Å². The van der Waals surface area contributed by atoms with Crippen LogP contribution in [0.4, 0.5) is 0 Å². The quantitative estimate of drug-likeness (QED) is 0.0222. The molecule has 0 heterocycles. The van der Waals surface area contributed by atoms with Crippen LogP contribution < -0.4 is 0 Å². The lowest BCUT2D eigenvalue weighted by molar-refractivity contribution is -0.161. The van der Waals surface area contributed by atoms with Gasteiger partial charge >= 0.3 is 39.5 Å². The van der Waals surface area contributed by atoms with Crippen molar-refractivity contribution in [2.24, 2.45) is 17.8 Å². The van der Waals surface area contributed by atoms with Gasteiger partial charge in [0, 0.05) is 25.7 Å². The Morgan fingerprint density at radius 3 is 0.809 bits per heavy atom. The number of hydrogen-bond acceptors (Lipinski definition) is 15. The van der Waals surface area contributed by atoms with E-state index in [-0.39, 0.29) is 25.7 Å². The second-order valence-electron chi connectivity index (χ2n) is 28.2. The summed E-state index contributed by atoms with van der Waals surface area (Å²) in [6.45, 7) is 11.9. The van der Waals surface area contributed by atoms with Gasteiger partial charge in [0.2, 0.25) is 0 Å². The summed E-state index contributed by atoms with van der Waals surface area (Å²) in [5, 5.41) is 10.6. The Kier molecular flexibility index (Phi) is 64.3. The van der Waals surface area contributed by atoms with Crippen molar-refractivity contribution in [1.82, 2.24) is 0 Å². The van der Waals surface area contributed by atoms with Crippen LogP contribution in [0.5, 0.6) is 0 Å². The average molecular weight is 1380 g/mol. The van der Waals surface area contributed by atoms with Gasteiger partial charge in [0.25, 0.3) is 0 Å². The summed E-state index contributed by atoms with van der Waals surface area (Å²) < 4.78 is 68.5. The molecule has 0 fully saturated rings. The lowest BCUT2D eigenvalue weighted by Gasteiger charge is -2.21. The molecule has 3 N–H and O–H groups in total. The minimum Gasteiger partial charge on any atom is -0.462 e. The van der Waals surface area contributed by atoms with Crippen molar-refractivity contribution < 1.29 is 80.2 Å². The van der Waals surface area contributed by atoms with Crippen LogP contribution >= 0.6 is 15.6 Å². The zero-order chi connectivity index (χ0) is 69.4. The van der Waals surface area contributed by atoms with Crippen molar-refractivity contribution in [3.63, 3.8) is 0 Å². The summed E-state index contributed by atoms with van der Waals surface area (Å²) in [4.78, 5) is 72.8. The van der Waals surface area contributed by atoms with Crippen LogP contribution in [-0.4, -0.2) is 96.7 Å². The van der Waals surface area contributed by atoms with Crippen LogP contribution in [0.1, 0.15) is 382 Å². The first kappa shape index (κ1) is 92.1. The van der Waals surface area contributed by atoms with E-state index in [0.717, 1.165) is 108 Å². The van der Waals surface area contributed by atoms with E-state index in [1.807, 2.05) is 0 Å². The molecule has 0 bridgehead atoms. The molecule has 0 aromatic heterocycles. The molecular formula is C75H146O17P2. The van der Waals surface area contributed by atoms with Crippen molar-refractivity contribution in [3.8, 4) is 0 Å². The predicted molar refractivity (Wildman–Crippen MR) is 381 cm³/mol.